The van der Waals surface area contributed by atoms with E-state index in [0.717, 1.165) is 38.0 Å². The maximum Gasteiger partial charge on any atom is 0.252 e. The lowest BCUT2D eigenvalue weighted by Crippen LogP contribution is -2.47. The second kappa shape index (κ2) is 4.14. The van der Waals surface area contributed by atoms with Gasteiger partial charge in [0.05, 0.1) is 0 Å². The van der Waals surface area contributed by atoms with Gasteiger partial charge in [0.15, 0.2) is 0 Å². The molecule has 1 saturated carbocycles. The standard InChI is InChI=1S/C12H18N4O/c1-9-13-11(8-12(17)14-9)16-6-4-15(5-7-16)10-2-3-10/h8,10H,2-7H2,1H3,(H,13,14,17). The third-order valence-electron chi connectivity index (χ3n) is 3.55. The highest BCUT2D eigenvalue weighted by atomic mass is 16.1. The SMILES string of the molecule is Cc1nc(N2CCN(C3CC3)CC2)cc(=O)[nH]1. The Hall–Kier alpha value is -1.36. The molecule has 0 bridgehead atoms. The summed E-state index contributed by atoms with van der Waals surface area (Å²) in [6.07, 6.45) is 2.73. The first-order valence-electron chi connectivity index (χ1n) is 6.29. The molecule has 5 heteroatoms. The summed E-state index contributed by atoms with van der Waals surface area (Å²) >= 11 is 0. The van der Waals surface area contributed by atoms with Crippen LogP contribution in [0.4, 0.5) is 5.82 Å². The molecule has 92 valence electrons. The van der Waals surface area contributed by atoms with E-state index in [1.54, 1.807) is 6.07 Å². The summed E-state index contributed by atoms with van der Waals surface area (Å²) in [5.74, 6) is 1.51. The topological polar surface area (TPSA) is 52.2 Å². The Balaban J connectivity index is 1.70. The molecule has 1 N–H and O–H groups in total. The van der Waals surface area contributed by atoms with Crippen LogP contribution in [-0.2, 0) is 0 Å². The smallest absolute Gasteiger partial charge is 0.252 e. The quantitative estimate of drug-likeness (QED) is 0.803. The second-order valence-corrected chi connectivity index (χ2v) is 4.94. The molecule has 3 rings (SSSR count). The monoisotopic (exact) mass is 234 g/mol. The van der Waals surface area contributed by atoms with E-state index in [1.807, 2.05) is 6.92 Å². The summed E-state index contributed by atoms with van der Waals surface area (Å²) < 4.78 is 0. The Labute approximate surface area is 100 Å². The lowest BCUT2D eigenvalue weighted by Gasteiger charge is -2.35. The van der Waals surface area contributed by atoms with Gasteiger partial charge in [0.2, 0.25) is 0 Å². The second-order valence-electron chi connectivity index (χ2n) is 4.94. The molecule has 1 aliphatic heterocycles. The van der Waals surface area contributed by atoms with Gasteiger partial charge in [-0.15, -0.1) is 0 Å². The number of nitrogens with one attached hydrogen (secondary N) is 1. The lowest BCUT2D eigenvalue weighted by molar-refractivity contribution is 0.247. The molecule has 1 aliphatic carbocycles. The first-order valence-corrected chi connectivity index (χ1v) is 6.29. The van der Waals surface area contributed by atoms with Gasteiger partial charge in [0.25, 0.3) is 5.56 Å². The highest BCUT2D eigenvalue weighted by molar-refractivity contribution is 5.38. The molecule has 1 aromatic heterocycles. The number of aromatic amines is 1. The third kappa shape index (κ3) is 2.34. The molecule has 0 amide bonds. The number of aromatic nitrogens is 2. The molecular weight excluding hydrogens is 216 g/mol. The fourth-order valence-corrected chi connectivity index (χ4v) is 2.48. The molecule has 0 unspecified atom stereocenters. The maximum atomic E-state index is 11.4. The predicted octanol–water partition coefficient (Wildman–Crippen LogP) is 0.363. The van der Waals surface area contributed by atoms with Crippen molar-refractivity contribution in [3.05, 3.63) is 22.2 Å². The van der Waals surface area contributed by atoms with Gasteiger partial charge in [-0.3, -0.25) is 9.69 Å². The van der Waals surface area contributed by atoms with Crippen molar-refractivity contribution in [1.29, 1.82) is 0 Å². The van der Waals surface area contributed by atoms with Crippen LogP contribution in [0.25, 0.3) is 0 Å². The van der Waals surface area contributed by atoms with Crippen molar-refractivity contribution in [1.82, 2.24) is 14.9 Å². The molecule has 5 nitrogen and oxygen atoms in total. The van der Waals surface area contributed by atoms with Crippen molar-refractivity contribution < 1.29 is 0 Å². The van der Waals surface area contributed by atoms with E-state index in [4.69, 9.17) is 0 Å². The zero-order valence-electron chi connectivity index (χ0n) is 10.1. The average Bonchev–Trinajstić information content (AvgIpc) is 3.12. The summed E-state index contributed by atoms with van der Waals surface area (Å²) in [5, 5.41) is 0. The van der Waals surface area contributed by atoms with Gasteiger partial charge in [-0.2, -0.15) is 0 Å². The van der Waals surface area contributed by atoms with E-state index in [-0.39, 0.29) is 5.56 Å². The largest absolute Gasteiger partial charge is 0.354 e. The van der Waals surface area contributed by atoms with Gasteiger partial charge in [0, 0.05) is 38.3 Å². The number of anilines is 1. The van der Waals surface area contributed by atoms with Crippen molar-refractivity contribution in [2.24, 2.45) is 0 Å². The van der Waals surface area contributed by atoms with Gasteiger partial charge in [-0.05, 0) is 19.8 Å². The van der Waals surface area contributed by atoms with Crippen LogP contribution in [0.15, 0.2) is 10.9 Å². The molecule has 0 aromatic carbocycles. The lowest BCUT2D eigenvalue weighted by atomic mass is 10.3. The Bertz CT molecular complexity index is 458. The number of rotatable bonds is 2. The zero-order valence-corrected chi connectivity index (χ0v) is 10.1. The zero-order chi connectivity index (χ0) is 11.8. The molecule has 0 spiro atoms. The first kappa shape index (κ1) is 10.8. The summed E-state index contributed by atoms with van der Waals surface area (Å²) in [4.78, 5) is 23.2. The van der Waals surface area contributed by atoms with Gasteiger partial charge in [-0.1, -0.05) is 0 Å². The number of piperazine rings is 1. The Morgan fingerprint density at radius 2 is 2.00 bits per heavy atom. The highest BCUT2D eigenvalue weighted by Gasteiger charge is 2.31. The number of aryl methyl sites for hydroxylation is 1. The molecule has 1 saturated heterocycles. The van der Waals surface area contributed by atoms with E-state index in [1.165, 1.54) is 12.8 Å². The maximum absolute atomic E-state index is 11.4. The molecule has 0 atom stereocenters. The van der Waals surface area contributed by atoms with Gasteiger partial charge < -0.3 is 9.88 Å². The van der Waals surface area contributed by atoms with Gasteiger partial charge in [0.1, 0.15) is 11.6 Å². The van der Waals surface area contributed by atoms with Crippen LogP contribution in [0.5, 0.6) is 0 Å². The summed E-state index contributed by atoms with van der Waals surface area (Å²) in [5.41, 5.74) is -0.0582. The van der Waals surface area contributed by atoms with Crippen molar-refractivity contribution in [2.45, 2.75) is 25.8 Å². The van der Waals surface area contributed by atoms with Crippen LogP contribution in [-0.4, -0.2) is 47.1 Å². The molecule has 2 fully saturated rings. The predicted molar refractivity (Wildman–Crippen MR) is 66.4 cm³/mol. The fraction of sp³-hybridized carbons (Fsp3) is 0.667. The van der Waals surface area contributed by atoms with E-state index < -0.39 is 0 Å². The molecule has 17 heavy (non-hydrogen) atoms. The van der Waals surface area contributed by atoms with E-state index in [9.17, 15) is 4.79 Å². The molecule has 1 aromatic rings. The number of nitrogens with zero attached hydrogens (tertiary/aromatic N) is 3. The van der Waals surface area contributed by atoms with E-state index in [0.29, 0.717) is 5.82 Å². The number of hydrogen-bond donors (Lipinski definition) is 1. The van der Waals surface area contributed by atoms with Crippen molar-refractivity contribution in [3.63, 3.8) is 0 Å². The number of H-pyrrole nitrogens is 1. The summed E-state index contributed by atoms with van der Waals surface area (Å²) in [7, 11) is 0. The van der Waals surface area contributed by atoms with Crippen molar-refractivity contribution >= 4 is 5.82 Å². The van der Waals surface area contributed by atoms with Crippen LogP contribution in [0.3, 0.4) is 0 Å². The summed E-state index contributed by atoms with van der Waals surface area (Å²) in [6.45, 7) is 5.97. The minimum Gasteiger partial charge on any atom is -0.354 e. The fourth-order valence-electron chi connectivity index (χ4n) is 2.48. The Morgan fingerprint density at radius 1 is 1.29 bits per heavy atom. The Morgan fingerprint density at radius 3 is 2.59 bits per heavy atom. The van der Waals surface area contributed by atoms with Crippen LogP contribution < -0.4 is 10.5 Å². The van der Waals surface area contributed by atoms with Crippen molar-refractivity contribution in [2.75, 3.05) is 31.1 Å². The summed E-state index contributed by atoms with van der Waals surface area (Å²) in [6, 6.07) is 2.44. The minimum atomic E-state index is -0.0582. The molecule has 2 aliphatic rings. The van der Waals surface area contributed by atoms with E-state index >= 15 is 0 Å². The first-order chi connectivity index (χ1) is 8.22. The molecule has 0 radical (unpaired) electrons. The van der Waals surface area contributed by atoms with Crippen LogP contribution in [0.1, 0.15) is 18.7 Å². The number of hydrogen-bond acceptors (Lipinski definition) is 4. The van der Waals surface area contributed by atoms with Crippen LogP contribution >= 0.6 is 0 Å². The van der Waals surface area contributed by atoms with Crippen LogP contribution in [0, 0.1) is 6.92 Å². The van der Waals surface area contributed by atoms with Crippen molar-refractivity contribution in [3.8, 4) is 0 Å². The molecule has 2 heterocycles. The third-order valence-corrected chi connectivity index (χ3v) is 3.55. The highest BCUT2D eigenvalue weighted by Crippen LogP contribution is 2.27. The minimum absolute atomic E-state index is 0.0582. The normalized spacial score (nSPS) is 21.8. The van der Waals surface area contributed by atoms with E-state index in [2.05, 4.69) is 19.8 Å². The molecular formula is C12H18N4O. The Kier molecular flexibility index (Phi) is 2.63. The van der Waals surface area contributed by atoms with Gasteiger partial charge in [-0.25, -0.2) is 4.98 Å². The van der Waals surface area contributed by atoms with Crippen LogP contribution in [0.2, 0.25) is 0 Å². The van der Waals surface area contributed by atoms with Gasteiger partial charge >= 0.3 is 0 Å². The average molecular weight is 234 g/mol.